The third-order valence-electron chi connectivity index (χ3n) is 10.1. The average Bonchev–Trinajstić information content (AvgIpc) is 4.03. The standard InChI is InChI=1S/C39H60O3.C4H10O/c1-3-5-7-9-11-12-13-15-17-25-31-39(37-33-41-37,35-28-22-19-23-29-35)42-38(36-32-40-36,34-26-20-18-21-27-34)30-24-16-14-10-8-6-4-2;1-3-5-4-2/h18-23,26-29,36-37H,3-17,24-25,30-33H2,1-2H3;3-4H2,1-2H3. The Morgan fingerprint density at radius 3 is 1.09 bits per heavy atom. The van der Waals surface area contributed by atoms with Crippen molar-refractivity contribution in [3.8, 4) is 0 Å². The maximum Gasteiger partial charge on any atom is 0.123 e. The van der Waals surface area contributed by atoms with E-state index in [0.29, 0.717) is 0 Å². The molecular weight excluding hydrogens is 580 g/mol. The smallest absolute Gasteiger partial charge is 0.123 e. The lowest BCUT2D eigenvalue weighted by atomic mass is 9.80. The van der Waals surface area contributed by atoms with E-state index >= 15 is 0 Å². The zero-order valence-electron chi connectivity index (χ0n) is 30.8. The number of ether oxygens (including phenoxy) is 4. The summed E-state index contributed by atoms with van der Waals surface area (Å²) >= 11 is 0. The van der Waals surface area contributed by atoms with Gasteiger partial charge in [0.25, 0.3) is 0 Å². The van der Waals surface area contributed by atoms with Crippen LogP contribution in [0.3, 0.4) is 0 Å². The molecule has 266 valence electrons. The summed E-state index contributed by atoms with van der Waals surface area (Å²) in [5, 5.41) is 0. The van der Waals surface area contributed by atoms with Crippen molar-refractivity contribution in [3.63, 3.8) is 0 Å². The average molecular weight is 651 g/mol. The van der Waals surface area contributed by atoms with Crippen LogP contribution in [0, 0.1) is 0 Å². The first kappa shape index (κ1) is 39.7. The second kappa shape index (κ2) is 23.6. The summed E-state index contributed by atoms with van der Waals surface area (Å²) in [5.74, 6) is 0. The molecule has 0 saturated carbocycles. The van der Waals surface area contributed by atoms with E-state index in [-0.39, 0.29) is 12.2 Å². The molecule has 4 heteroatoms. The highest BCUT2D eigenvalue weighted by atomic mass is 16.6. The summed E-state index contributed by atoms with van der Waals surface area (Å²) in [4.78, 5) is 0. The van der Waals surface area contributed by atoms with Crippen molar-refractivity contribution in [2.75, 3.05) is 26.4 Å². The number of unbranched alkanes of at least 4 members (excludes halogenated alkanes) is 15. The lowest BCUT2D eigenvalue weighted by Crippen LogP contribution is -2.48. The van der Waals surface area contributed by atoms with Gasteiger partial charge < -0.3 is 18.9 Å². The first-order valence-corrected chi connectivity index (χ1v) is 19.8. The monoisotopic (exact) mass is 651 g/mol. The summed E-state index contributed by atoms with van der Waals surface area (Å²) in [6.45, 7) is 11.8. The number of rotatable bonds is 27. The second-order valence-corrected chi connectivity index (χ2v) is 13.8. The molecule has 0 bridgehead atoms. The summed E-state index contributed by atoms with van der Waals surface area (Å²) < 4.78 is 24.9. The first-order valence-electron chi connectivity index (χ1n) is 19.8. The van der Waals surface area contributed by atoms with E-state index < -0.39 is 11.2 Å². The van der Waals surface area contributed by atoms with Gasteiger partial charge in [-0.1, -0.05) is 184 Å². The van der Waals surface area contributed by atoms with E-state index in [2.05, 4.69) is 74.5 Å². The molecule has 0 N–H and O–H groups in total. The first-order chi connectivity index (χ1) is 23.2. The van der Waals surface area contributed by atoms with Gasteiger partial charge in [-0.05, 0) is 37.8 Å². The molecule has 2 aliphatic heterocycles. The van der Waals surface area contributed by atoms with Gasteiger partial charge in [0, 0.05) is 13.2 Å². The van der Waals surface area contributed by atoms with Gasteiger partial charge in [0.05, 0.1) is 13.2 Å². The molecule has 0 spiro atoms. The normalized spacial score (nSPS) is 19.3. The van der Waals surface area contributed by atoms with Gasteiger partial charge in [-0.15, -0.1) is 0 Å². The van der Waals surface area contributed by atoms with Crippen molar-refractivity contribution >= 4 is 0 Å². The van der Waals surface area contributed by atoms with Gasteiger partial charge in [0.15, 0.2) is 0 Å². The molecule has 2 aromatic rings. The van der Waals surface area contributed by atoms with Gasteiger partial charge in [-0.3, -0.25) is 0 Å². The third kappa shape index (κ3) is 14.0. The summed E-state index contributed by atoms with van der Waals surface area (Å²) in [5.41, 5.74) is 1.63. The zero-order valence-corrected chi connectivity index (χ0v) is 30.8. The molecular formula is C43H70O4. The minimum Gasteiger partial charge on any atom is -0.382 e. The number of epoxide rings is 2. The van der Waals surface area contributed by atoms with Crippen LogP contribution in [-0.2, 0) is 30.1 Å². The molecule has 4 atom stereocenters. The molecule has 47 heavy (non-hydrogen) atoms. The highest BCUT2D eigenvalue weighted by Crippen LogP contribution is 2.52. The van der Waals surface area contributed by atoms with Gasteiger partial charge in [-0.25, -0.2) is 0 Å². The fourth-order valence-electron chi connectivity index (χ4n) is 7.16. The maximum absolute atomic E-state index is 7.72. The van der Waals surface area contributed by atoms with Crippen LogP contribution < -0.4 is 0 Å². The Labute approximate surface area is 289 Å². The van der Waals surface area contributed by atoms with Crippen molar-refractivity contribution in [1.29, 1.82) is 0 Å². The molecule has 0 aliphatic carbocycles. The topological polar surface area (TPSA) is 43.5 Å². The Balaban J connectivity index is 0.00000111. The number of benzene rings is 2. The molecule has 2 aromatic carbocycles. The minimum absolute atomic E-state index is 0.106. The van der Waals surface area contributed by atoms with Gasteiger partial charge in [-0.2, -0.15) is 0 Å². The van der Waals surface area contributed by atoms with Crippen molar-refractivity contribution in [3.05, 3.63) is 71.8 Å². The molecule has 4 nitrogen and oxygen atoms in total. The Morgan fingerprint density at radius 2 is 0.809 bits per heavy atom. The van der Waals surface area contributed by atoms with Crippen LogP contribution in [0.15, 0.2) is 60.7 Å². The SMILES string of the molecule is CCCCCCCCCCCCC(OC(CCCCCCCCC)(c1ccccc1)C1CO1)(c1ccccc1)C1CO1.CCOCC. The Bertz CT molecular complexity index is 1000. The molecule has 4 unspecified atom stereocenters. The molecule has 0 amide bonds. The van der Waals surface area contributed by atoms with Crippen molar-refractivity contribution < 1.29 is 18.9 Å². The highest BCUT2D eigenvalue weighted by molar-refractivity contribution is 5.31. The van der Waals surface area contributed by atoms with Gasteiger partial charge in [0.1, 0.15) is 23.4 Å². The van der Waals surface area contributed by atoms with Crippen molar-refractivity contribution in [2.45, 2.75) is 173 Å². The van der Waals surface area contributed by atoms with Crippen molar-refractivity contribution in [2.24, 2.45) is 0 Å². The molecule has 4 rings (SSSR count). The van der Waals surface area contributed by atoms with Gasteiger partial charge in [0.2, 0.25) is 0 Å². The van der Waals surface area contributed by atoms with E-state index in [1.165, 1.54) is 114 Å². The van der Waals surface area contributed by atoms with E-state index in [0.717, 1.165) is 45.7 Å². The molecule has 2 fully saturated rings. The number of hydrogen-bond donors (Lipinski definition) is 0. The van der Waals surface area contributed by atoms with Crippen LogP contribution in [0.4, 0.5) is 0 Å². The summed E-state index contributed by atoms with van der Waals surface area (Å²) in [6, 6.07) is 22.0. The second-order valence-electron chi connectivity index (χ2n) is 13.8. The zero-order chi connectivity index (χ0) is 33.5. The van der Waals surface area contributed by atoms with Crippen LogP contribution in [0.5, 0.6) is 0 Å². The largest absolute Gasteiger partial charge is 0.382 e. The van der Waals surface area contributed by atoms with Crippen LogP contribution in [-0.4, -0.2) is 38.6 Å². The van der Waals surface area contributed by atoms with Crippen molar-refractivity contribution in [1.82, 2.24) is 0 Å². The van der Waals surface area contributed by atoms with E-state index in [1.807, 2.05) is 13.8 Å². The summed E-state index contributed by atoms with van der Waals surface area (Å²) in [7, 11) is 0. The van der Waals surface area contributed by atoms with Crippen LogP contribution >= 0.6 is 0 Å². The maximum atomic E-state index is 7.72. The molecule has 2 aliphatic rings. The molecule has 2 saturated heterocycles. The Kier molecular flexibility index (Phi) is 19.9. The lowest BCUT2D eigenvalue weighted by molar-refractivity contribution is -0.197. The molecule has 2 heterocycles. The molecule has 0 aromatic heterocycles. The lowest BCUT2D eigenvalue weighted by Gasteiger charge is -2.44. The predicted molar refractivity (Wildman–Crippen MR) is 198 cm³/mol. The van der Waals surface area contributed by atoms with Crippen LogP contribution in [0.1, 0.15) is 161 Å². The van der Waals surface area contributed by atoms with E-state index in [4.69, 9.17) is 18.9 Å². The fourth-order valence-corrected chi connectivity index (χ4v) is 7.16. The highest BCUT2D eigenvalue weighted by Gasteiger charge is 2.58. The summed E-state index contributed by atoms with van der Waals surface area (Å²) in [6.07, 6.45) is 24.7. The quantitative estimate of drug-likeness (QED) is 0.0713. The Morgan fingerprint density at radius 1 is 0.489 bits per heavy atom. The Hall–Kier alpha value is -1.72. The van der Waals surface area contributed by atoms with Gasteiger partial charge >= 0.3 is 0 Å². The minimum atomic E-state index is -0.454. The van der Waals surface area contributed by atoms with Crippen LogP contribution in [0.25, 0.3) is 0 Å². The van der Waals surface area contributed by atoms with Crippen LogP contribution in [0.2, 0.25) is 0 Å². The molecule has 0 radical (unpaired) electrons. The third-order valence-corrected chi connectivity index (χ3v) is 10.1. The number of hydrogen-bond acceptors (Lipinski definition) is 4. The van der Waals surface area contributed by atoms with E-state index in [9.17, 15) is 0 Å². The predicted octanol–water partition coefficient (Wildman–Crippen LogP) is 12.1. The fraction of sp³-hybridized carbons (Fsp3) is 0.721. The van der Waals surface area contributed by atoms with E-state index in [1.54, 1.807) is 0 Å².